The Labute approximate surface area is 130 Å². The second kappa shape index (κ2) is 5.78. The molecule has 124 valence electrons. The summed E-state index contributed by atoms with van der Waals surface area (Å²) in [5, 5.41) is 8.94. The lowest BCUT2D eigenvalue weighted by Gasteiger charge is -2.45. The van der Waals surface area contributed by atoms with Crippen LogP contribution in [0.4, 0.5) is 4.79 Å². The summed E-state index contributed by atoms with van der Waals surface area (Å²) in [6, 6.07) is -0.604. The Balaban J connectivity index is 2.10. The molecule has 0 aromatic carbocycles. The van der Waals surface area contributed by atoms with Crippen LogP contribution in [0.3, 0.4) is 0 Å². The summed E-state index contributed by atoms with van der Waals surface area (Å²) in [7, 11) is 0. The van der Waals surface area contributed by atoms with Crippen LogP contribution in [0.25, 0.3) is 0 Å². The van der Waals surface area contributed by atoms with Crippen molar-refractivity contribution in [2.24, 2.45) is 11.3 Å². The van der Waals surface area contributed by atoms with Gasteiger partial charge in [-0.05, 0) is 26.2 Å². The van der Waals surface area contributed by atoms with E-state index in [0.29, 0.717) is 13.0 Å². The van der Waals surface area contributed by atoms with E-state index in [2.05, 4.69) is 0 Å². The molecule has 1 atom stereocenters. The van der Waals surface area contributed by atoms with Crippen LogP contribution in [0, 0.1) is 11.3 Å². The molecule has 2 rings (SSSR count). The van der Waals surface area contributed by atoms with Crippen molar-refractivity contribution < 1.29 is 24.2 Å². The maximum Gasteiger partial charge on any atom is 0.407 e. The van der Waals surface area contributed by atoms with Crippen LogP contribution in [0.5, 0.6) is 0 Å². The number of amides is 2. The van der Waals surface area contributed by atoms with Gasteiger partial charge in [-0.25, -0.2) is 9.59 Å². The Morgan fingerprint density at radius 3 is 2.27 bits per heavy atom. The molecule has 22 heavy (non-hydrogen) atoms. The highest BCUT2D eigenvalue weighted by Crippen LogP contribution is 2.42. The average Bonchev–Trinajstić information content (AvgIpc) is 2.64. The molecule has 1 unspecified atom stereocenters. The highest BCUT2D eigenvalue weighted by Gasteiger charge is 2.58. The van der Waals surface area contributed by atoms with Crippen LogP contribution >= 0.6 is 0 Å². The van der Waals surface area contributed by atoms with Crippen molar-refractivity contribution in [1.29, 1.82) is 0 Å². The van der Waals surface area contributed by atoms with Crippen molar-refractivity contribution in [3.05, 3.63) is 0 Å². The fourth-order valence-electron chi connectivity index (χ4n) is 3.29. The molecule has 2 aliphatic heterocycles. The van der Waals surface area contributed by atoms with Crippen LogP contribution in [-0.2, 0) is 14.3 Å². The summed E-state index contributed by atoms with van der Waals surface area (Å²) in [6.07, 6.45) is -0.642. The topological polar surface area (TPSA) is 87.2 Å². The molecule has 0 aromatic heterocycles. The lowest BCUT2D eigenvalue weighted by Crippen LogP contribution is -2.62. The second-order valence-electron chi connectivity index (χ2n) is 6.84. The summed E-state index contributed by atoms with van der Waals surface area (Å²) in [5.74, 6) is -0.560. The molecule has 0 aliphatic carbocycles. The van der Waals surface area contributed by atoms with Gasteiger partial charge in [-0.3, -0.25) is 4.79 Å². The molecule has 0 bridgehead atoms. The second-order valence-corrected chi connectivity index (χ2v) is 6.84. The summed E-state index contributed by atoms with van der Waals surface area (Å²) < 4.78 is 5.28. The van der Waals surface area contributed by atoms with E-state index >= 15 is 0 Å². The van der Waals surface area contributed by atoms with Crippen LogP contribution in [-0.4, -0.2) is 64.7 Å². The molecule has 7 nitrogen and oxygen atoms in total. The number of ether oxygens (including phenoxy) is 1. The fourth-order valence-corrected chi connectivity index (χ4v) is 3.29. The van der Waals surface area contributed by atoms with E-state index in [-0.39, 0.29) is 37.0 Å². The van der Waals surface area contributed by atoms with Gasteiger partial charge >= 0.3 is 12.1 Å². The predicted octanol–water partition coefficient (Wildman–Crippen LogP) is 1.17. The van der Waals surface area contributed by atoms with Crippen molar-refractivity contribution >= 4 is 18.0 Å². The van der Waals surface area contributed by atoms with E-state index in [1.165, 1.54) is 4.90 Å². The highest BCUT2D eigenvalue weighted by molar-refractivity contribution is 5.92. The number of hydrogen-bond acceptors (Lipinski definition) is 4. The van der Waals surface area contributed by atoms with Crippen molar-refractivity contribution in [2.45, 2.75) is 46.3 Å². The zero-order valence-corrected chi connectivity index (χ0v) is 13.5. The van der Waals surface area contributed by atoms with Gasteiger partial charge in [0.25, 0.3) is 0 Å². The molecule has 1 spiro atoms. The lowest BCUT2D eigenvalue weighted by atomic mass is 9.78. The van der Waals surface area contributed by atoms with Gasteiger partial charge in [0.1, 0.15) is 6.04 Å². The Kier molecular flexibility index (Phi) is 4.35. The predicted molar refractivity (Wildman–Crippen MR) is 78.2 cm³/mol. The molecule has 7 heteroatoms. The smallest absolute Gasteiger partial charge is 0.407 e. The summed E-state index contributed by atoms with van der Waals surface area (Å²) in [4.78, 5) is 38.7. The molecule has 2 heterocycles. The highest BCUT2D eigenvalue weighted by atomic mass is 16.5. The Morgan fingerprint density at radius 1 is 1.23 bits per heavy atom. The largest absolute Gasteiger partial charge is 0.465 e. The van der Waals surface area contributed by atoms with Crippen molar-refractivity contribution in [2.75, 3.05) is 19.6 Å². The standard InChI is InChI=1S/C15H24N2O5/c1-9(2)11(12(18)22-10(3)4)17-6-5-15(13(17)19)7-16(8-15)14(20)21/h9-11H,5-8H2,1-4H3,(H,20,21). The zero-order chi connectivity index (χ0) is 16.7. The van der Waals surface area contributed by atoms with Gasteiger partial charge in [0, 0.05) is 19.6 Å². The van der Waals surface area contributed by atoms with Gasteiger partial charge in [-0.15, -0.1) is 0 Å². The van der Waals surface area contributed by atoms with Crippen LogP contribution in [0.15, 0.2) is 0 Å². The van der Waals surface area contributed by atoms with E-state index in [1.807, 2.05) is 13.8 Å². The van der Waals surface area contributed by atoms with Gasteiger partial charge < -0.3 is 19.6 Å². The SMILES string of the molecule is CC(C)OC(=O)C(C(C)C)N1CCC2(CN(C(=O)O)C2)C1=O. The molecule has 0 aromatic rings. The molecular weight excluding hydrogens is 288 g/mol. The average molecular weight is 312 g/mol. The Morgan fingerprint density at radius 2 is 1.82 bits per heavy atom. The maximum absolute atomic E-state index is 12.7. The van der Waals surface area contributed by atoms with Crippen molar-refractivity contribution in [1.82, 2.24) is 9.80 Å². The van der Waals surface area contributed by atoms with E-state index in [0.717, 1.165) is 0 Å². The number of carbonyl (C=O) groups is 3. The third kappa shape index (κ3) is 2.76. The van der Waals surface area contributed by atoms with Gasteiger partial charge in [-0.1, -0.05) is 13.8 Å². The maximum atomic E-state index is 12.7. The third-order valence-electron chi connectivity index (χ3n) is 4.36. The number of rotatable bonds is 4. The summed E-state index contributed by atoms with van der Waals surface area (Å²) >= 11 is 0. The minimum atomic E-state index is -1.00. The molecular formula is C15H24N2O5. The lowest BCUT2D eigenvalue weighted by molar-refractivity contribution is -0.162. The molecule has 0 saturated carbocycles. The number of nitrogens with zero attached hydrogens (tertiary/aromatic N) is 2. The first-order valence-corrected chi connectivity index (χ1v) is 7.67. The van der Waals surface area contributed by atoms with Gasteiger partial charge in [0.2, 0.25) is 5.91 Å². The molecule has 2 amide bonds. The quantitative estimate of drug-likeness (QED) is 0.788. The van der Waals surface area contributed by atoms with E-state index in [9.17, 15) is 14.4 Å². The third-order valence-corrected chi connectivity index (χ3v) is 4.36. The number of esters is 1. The number of carbonyl (C=O) groups excluding carboxylic acids is 2. The van der Waals surface area contributed by atoms with E-state index < -0.39 is 17.6 Å². The fraction of sp³-hybridized carbons (Fsp3) is 0.800. The molecule has 0 radical (unpaired) electrons. The molecule has 2 saturated heterocycles. The molecule has 2 aliphatic rings. The summed E-state index contributed by atoms with van der Waals surface area (Å²) in [5.41, 5.74) is -0.635. The van der Waals surface area contributed by atoms with Crippen LogP contribution in [0.1, 0.15) is 34.1 Å². The summed E-state index contributed by atoms with van der Waals surface area (Å²) in [6.45, 7) is 8.24. The first-order chi connectivity index (χ1) is 10.2. The zero-order valence-electron chi connectivity index (χ0n) is 13.5. The number of hydrogen-bond donors (Lipinski definition) is 1. The van der Waals surface area contributed by atoms with Crippen molar-refractivity contribution in [3.63, 3.8) is 0 Å². The number of likely N-dealkylation sites (tertiary alicyclic amines) is 2. The van der Waals surface area contributed by atoms with Gasteiger partial charge in [-0.2, -0.15) is 0 Å². The van der Waals surface area contributed by atoms with E-state index in [4.69, 9.17) is 9.84 Å². The Bertz CT molecular complexity index is 482. The van der Waals surface area contributed by atoms with Gasteiger partial charge in [0.05, 0.1) is 11.5 Å². The van der Waals surface area contributed by atoms with Crippen LogP contribution in [0.2, 0.25) is 0 Å². The normalized spacial score (nSPS) is 21.5. The number of carboxylic acid groups (broad SMARTS) is 1. The molecule has 2 fully saturated rings. The van der Waals surface area contributed by atoms with Crippen molar-refractivity contribution in [3.8, 4) is 0 Å². The Hall–Kier alpha value is -1.79. The first kappa shape index (κ1) is 16.6. The minimum absolute atomic E-state index is 0.0546. The monoisotopic (exact) mass is 312 g/mol. The molecule has 1 N–H and O–H groups in total. The van der Waals surface area contributed by atoms with E-state index in [1.54, 1.807) is 18.7 Å². The first-order valence-electron chi connectivity index (χ1n) is 7.67. The minimum Gasteiger partial charge on any atom is -0.465 e. The van der Waals surface area contributed by atoms with Crippen LogP contribution < -0.4 is 0 Å². The van der Waals surface area contributed by atoms with Gasteiger partial charge in [0.15, 0.2) is 0 Å².